The highest BCUT2D eigenvalue weighted by Gasteiger charge is 2.25. The number of hydrogen-bond donors (Lipinski definition) is 2. The Morgan fingerprint density at radius 2 is 1.96 bits per heavy atom. The van der Waals surface area contributed by atoms with Gasteiger partial charge in [0.15, 0.2) is 0 Å². The molecule has 2 aromatic rings. The highest BCUT2D eigenvalue weighted by atomic mass is 16.5. The number of aryl methyl sites for hydroxylation is 1. The second kappa shape index (κ2) is 8.24. The second-order valence-electron chi connectivity index (χ2n) is 7.08. The van der Waals surface area contributed by atoms with Crippen LogP contribution in [0.1, 0.15) is 32.4 Å². The highest BCUT2D eigenvalue weighted by Crippen LogP contribution is 2.29. The fourth-order valence-electron chi connectivity index (χ4n) is 3.17. The van der Waals surface area contributed by atoms with Crippen LogP contribution in [-0.4, -0.2) is 40.2 Å². The second-order valence-corrected chi connectivity index (χ2v) is 7.08. The lowest BCUT2D eigenvalue weighted by Crippen LogP contribution is -2.36. The van der Waals surface area contributed by atoms with E-state index in [1.54, 1.807) is 0 Å². The van der Waals surface area contributed by atoms with Crippen molar-refractivity contribution in [2.24, 2.45) is 5.92 Å². The normalized spacial score (nSPS) is 15.0. The van der Waals surface area contributed by atoms with Gasteiger partial charge in [0.05, 0.1) is 17.7 Å². The number of benzene rings is 1. The maximum absolute atomic E-state index is 11.2. The van der Waals surface area contributed by atoms with Crippen LogP contribution in [0.15, 0.2) is 30.3 Å². The van der Waals surface area contributed by atoms with Crippen molar-refractivity contribution in [3.05, 3.63) is 36.0 Å². The number of carbonyl (C=O) groups is 1. The first-order chi connectivity index (χ1) is 12.9. The van der Waals surface area contributed by atoms with Gasteiger partial charge in [0.1, 0.15) is 11.6 Å². The number of carboxylic acids is 1. The molecule has 0 bridgehead atoms. The largest absolute Gasteiger partial charge is 0.489 e. The molecule has 0 atom stereocenters. The zero-order chi connectivity index (χ0) is 19.4. The SMILES string of the molecule is Cc1cc(N2CCC(C(=O)O)CC2)nc(Nc2ccccc2OC(C)C)n1. The standard InChI is InChI=1S/C20H26N4O3/c1-13(2)27-17-7-5-4-6-16(17)22-20-21-14(3)12-18(23-20)24-10-8-15(9-11-24)19(25)26/h4-7,12-13,15H,8-11H2,1-3H3,(H,25,26)(H,21,22,23). The quantitative estimate of drug-likeness (QED) is 0.803. The molecule has 0 amide bonds. The summed E-state index contributed by atoms with van der Waals surface area (Å²) in [6, 6.07) is 9.64. The van der Waals surface area contributed by atoms with E-state index in [-0.39, 0.29) is 12.0 Å². The van der Waals surface area contributed by atoms with E-state index in [1.165, 1.54) is 0 Å². The van der Waals surface area contributed by atoms with Crippen molar-refractivity contribution in [1.29, 1.82) is 0 Å². The van der Waals surface area contributed by atoms with E-state index in [4.69, 9.17) is 9.84 Å². The molecule has 0 aliphatic carbocycles. The van der Waals surface area contributed by atoms with Crippen LogP contribution in [0.4, 0.5) is 17.5 Å². The van der Waals surface area contributed by atoms with Gasteiger partial charge in [-0.25, -0.2) is 4.98 Å². The van der Waals surface area contributed by atoms with Crippen LogP contribution in [0.2, 0.25) is 0 Å². The number of hydrogen-bond acceptors (Lipinski definition) is 6. The van der Waals surface area contributed by atoms with Crippen LogP contribution < -0.4 is 15.0 Å². The van der Waals surface area contributed by atoms with Gasteiger partial charge in [-0.2, -0.15) is 4.98 Å². The molecule has 2 heterocycles. The van der Waals surface area contributed by atoms with E-state index < -0.39 is 5.97 Å². The molecular formula is C20H26N4O3. The minimum atomic E-state index is -0.711. The molecule has 1 aliphatic rings. The monoisotopic (exact) mass is 370 g/mol. The highest BCUT2D eigenvalue weighted by molar-refractivity contribution is 5.70. The maximum atomic E-state index is 11.2. The fourth-order valence-corrected chi connectivity index (χ4v) is 3.17. The fraction of sp³-hybridized carbons (Fsp3) is 0.450. The summed E-state index contributed by atoms with van der Waals surface area (Å²) in [5.41, 5.74) is 1.66. The lowest BCUT2D eigenvalue weighted by Gasteiger charge is -2.31. The lowest BCUT2D eigenvalue weighted by atomic mass is 9.97. The van der Waals surface area contributed by atoms with Crippen molar-refractivity contribution in [3.8, 4) is 5.75 Å². The molecule has 1 fully saturated rings. The first-order valence-corrected chi connectivity index (χ1v) is 9.28. The summed E-state index contributed by atoms with van der Waals surface area (Å²) in [6.07, 6.45) is 1.33. The van der Waals surface area contributed by atoms with Crippen LogP contribution in [-0.2, 0) is 4.79 Å². The number of rotatable bonds is 6. The molecule has 1 saturated heterocycles. The Labute approximate surface area is 159 Å². The van der Waals surface area contributed by atoms with Crippen LogP contribution in [0, 0.1) is 12.8 Å². The molecule has 2 N–H and O–H groups in total. The Morgan fingerprint density at radius 3 is 2.63 bits per heavy atom. The molecule has 1 aromatic heterocycles. The zero-order valence-electron chi connectivity index (χ0n) is 16.0. The van der Waals surface area contributed by atoms with Crippen molar-refractivity contribution in [2.45, 2.75) is 39.7 Å². The Kier molecular flexibility index (Phi) is 5.78. The third-order valence-corrected chi connectivity index (χ3v) is 4.51. The van der Waals surface area contributed by atoms with Crippen LogP contribution in [0.5, 0.6) is 5.75 Å². The first kappa shape index (κ1) is 18.9. The number of nitrogens with zero attached hydrogens (tertiary/aromatic N) is 3. The first-order valence-electron chi connectivity index (χ1n) is 9.28. The molecule has 7 heteroatoms. The molecule has 144 valence electrons. The predicted octanol–water partition coefficient (Wildman–Crippen LogP) is 3.62. The third kappa shape index (κ3) is 4.87. The Hall–Kier alpha value is -2.83. The van der Waals surface area contributed by atoms with Gasteiger partial charge in [0, 0.05) is 24.8 Å². The number of piperidine rings is 1. The summed E-state index contributed by atoms with van der Waals surface area (Å²) in [7, 11) is 0. The maximum Gasteiger partial charge on any atom is 0.306 e. The molecule has 0 spiro atoms. The van der Waals surface area contributed by atoms with Crippen LogP contribution in [0.3, 0.4) is 0 Å². The smallest absolute Gasteiger partial charge is 0.306 e. The van der Waals surface area contributed by atoms with Gasteiger partial charge in [-0.05, 0) is 45.7 Å². The minimum Gasteiger partial charge on any atom is -0.489 e. The molecule has 0 radical (unpaired) electrons. The number of aliphatic carboxylic acids is 1. The molecule has 7 nitrogen and oxygen atoms in total. The van der Waals surface area contributed by atoms with E-state index in [0.717, 1.165) is 22.9 Å². The number of para-hydroxylation sites is 2. The predicted molar refractivity (Wildman–Crippen MR) is 105 cm³/mol. The average Bonchev–Trinajstić information content (AvgIpc) is 2.62. The number of aromatic nitrogens is 2. The summed E-state index contributed by atoms with van der Waals surface area (Å²) in [6.45, 7) is 7.26. The summed E-state index contributed by atoms with van der Waals surface area (Å²) in [4.78, 5) is 22.4. The van der Waals surface area contributed by atoms with Crippen LogP contribution >= 0.6 is 0 Å². The number of anilines is 3. The Bertz CT molecular complexity index is 802. The third-order valence-electron chi connectivity index (χ3n) is 4.51. The molecule has 1 aromatic carbocycles. The van der Waals surface area contributed by atoms with Crippen molar-refractivity contribution in [1.82, 2.24) is 9.97 Å². The molecule has 1 aliphatic heterocycles. The summed E-state index contributed by atoms with van der Waals surface area (Å²) in [5.74, 6) is 1.10. The number of ether oxygens (including phenoxy) is 1. The van der Waals surface area contributed by atoms with Gasteiger partial charge in [-0.15, -0.1) is 0 Å². The average molecular weight is 370 g/mol. The van der Waals surface area contributed by atoms with E-state index in [9.17, 15) is 4.79 Å². The topological polar surface area (TPSA) is 87.6 Å². The van der Waals surface area contributed by atoms with Crippen LogP contribution in [0.25, 0.3) is 0 Å². The van der Waals surface area contributed by atoms with E-state index in [0.29, 0.717) is 31.9 Å². The molecule has 3 rings (SSSR count). The minimum absolute atomic E-state index is 0.0671. The Morgan fingerprint density at radius 1 is 1.26 bits per heavy atom. The van der Waals surface area contributed by atoms with E-state index in [2.05, 4.69) is 20.2 Å². The number of carboxylic acid groups (broad SMARTS) is 1. The van der Waals surface area contributed by atoms with Gasteiger partial charge < -0.3 is 20.1 Å². The van der Waals surface area contributed by atoms with Crippen molar-refractivity contribution < 1.29 is 14.6 Å². The van der Waals surface area contributed by atoms with Crippen molar-refractivity contribution in [3.63, 3.8) is 0 Å². The van der Waals surface area contributed by atoms with E-state index in [1.807, 2.05) is 51.1 Å². The van der Waals surface area contributed by atoms with Crippen molar-refractivity contribution in [2.75, 3.05) is 23.3 Å². The summed E-state index contributed by atoms with van der Waals surface area (Å²) in [5, 5.41) is 12.4. The van der Waals surface area contributed by atoms with Gasteiger partial charge in [-0.3, -0.25) is 4.79 Å². The zero-order valence-corrected chi connectivity index (χ0v) is 16.0. The molecule has 0 saturated carbocycles. The van der Waals surface area contributed by atoms with Gasteiger partial charge in [-0.1, -0.05) is 12.1 Å². The van der Waals surface area contributed by atoms with Gasteiger partial charge in [0.2, 0.25) is 5.95 Å². The van der Waals surface area contributed by atoms with Crippen molar-refractivity contribution >= 4 is 23.4 Å². The van der Waals surface area contributed by atoms with Gasteiger partial charge >= 0.3 is 5.97 Å². The van der Waals surface area contributed by atoms with Gasteiger partial charge in [0.25, 0.3) is 0 Å². The molecule has 27 heavy (non-hydrogen) atoms. The Balaban J connectivity index is 1.78. The molecule has 0 unspecified atom stereocenters. The summed E-state index contributed by atoms with van der Waals surface area (Å²) >= 11 is 0. The lowest BCUT2D eigenvalue weighted by molar-refractivity contribution is -0.142. The molecular weight excluding hydrogens is 344 g/mol. The van der Waals surface area contributed by atoms with E-state index >= 15 is 0 Å². The summed E-state index contributed by atoms with van der Waals surface area (Å²) < 4.78 is 5.84. The number of nitrogens with one attached hydrogen (secondary N) is 1.